The first-order valence-corrected chi connectivity index (χ1v) is 5.50. The van der Waals surface area contributed by atoms with E-state index in [1.54, 1.807) is 6.08 Å². The van der Waals surface area contributed by atoms with Crippen LogP contribution in [0.4, 0.5) is 0 Å². The van der Waals surface area contributed by atoms with Crippen LogP contribution in [0.3, 0.4) is 0 Å². The number of carbonyl (C=O) groups is 1. The van der Waals surface area contributed by atoms with Gasteiger partial charge in [0.25, 0.3) is 0 Å². The van der Waals surface area contributed by atoms with Crippen molar-refractivity contribution in [1.82, 2.24) is 0 Å². The first-order chi connectivity index (χ1) is 7.25. The molecule has 0 spiro atoms. The number of halogens is 1. The van der Waals surface area contributed by atoms with Crippen molar-refractivity contribution in [3.8, 4) is 0 Å². The Morgan fingerprint density at radius 1 is 1.13 bits per heavy atom. The molecule has 0 amide bonds. The van der Waals surface area contributed by atoms with E-state index in [1.165, 1.54) is 0 Å². The molecule has 0 aliphatic heterocycles. The number of carbonyl (C=O) groups excluding carboxylic acids is 1. The van der Waals surface area contributed by atoms with Crippen LogP contribution in [-0.4, -0.2) is 5.78 Å². The van der Waals surface area contributed by atoms with Crippen LogP contribution in [0.1, 0.15) is 11.1 Å². The maximum absolute atomic E-state index is 11.6. The standard InChI is InChI=1S/C13H7BrO/c14-9-5-4-8-6-12-10(11(8)7-9)2-1-3-13(12)15/h1-7H. The van der Waals surface area contributed by atoms with Crippen LogP contribution < -0.4 is 0 Å². The van der Waals surface area contributed by atoms with Gasteiger partial charge in [-0.2, -0.15) is 0 Å². The van der Waals surface area contributed by atoms with Gasteiger partial charge in [-0.25, -0.2) is 0 Å². The van der Waals surface area contributed by atoms with Gasteiger partial charge in [0.05, 0.1) is 0 Å². The Morgan fingerprint density at radius 2 is 2.00 bits per heavy atom. The molecule has 0 fully saturated rings. The Bertz CT molecular complexity index is 562. The molecule has 15 heavy (non-hydrogen) atoms. The predicted molar refractivity (Wildman–Crippen MR) is 64.2 cm³/mol. The summed E-state index contributed by atoms with van der Waals surface area (Å²) in [5, 5.41) is 0. The Morgan fingerprint density at radius 3 is 2.87 bits per heavy atom. The van der Waals surface area contributed by atoms with Crippen LogP contribution >= 0.6 is 15.9 Å². The molecule has 0 heterocycles. The van der Waals surface area contributed by atoms with Crippen molar-refractivity contribution in [2.75, 3.05) is 0 Å². The Hall–Kier alpha value is -1.41. The fourth-order valence-corrected chi connectivity index (χ4v) is 2.33. The average Bonchev–Trinajstić information content (AvgIpc) is 2.58. The number of benzene rings is 1. The number of hydrogen-bond donors (Lipinski definition) is 0. The Kier molecular flexibility index (Phi) is 1.80. The highest BCUT2D eigenvalue weighted by Gasteiger charge is 2.23. The van der Waals surface area contributed by atoms with Crippen molar-refractivity contribution in [2.24, 2.45) is 0 Å². The summed E-state index contributed by atoms with van der Waals surface area (Å²) >= 11 is 3.44. The quantitative estimate of drug-likeness (QED) is 0.698. The molecule has 2 aliphatic carbocycles. The van der Waals surface area contributed by atoms with Crippen LogP contribution in [0.5, 0.6) is 0 Å². The summed E-state index contributed by atoms with van der Waals surface area (Å²) in [6.07, 6.45) is 7.37. The van der Waals surface area contributed by atoms with Gasteiger partial charge < -0.3 is 0 Å². The minimum atomic E-state index is 0.0971. The first-order valence-electron chi connectivity index (χ1n) is 4.70. The van der Waals surface area contributed by atoms with Crippen LogP contribution in [0.25, 0.3) is 11.6 Å². The SMILES string of the molecule is O=C1C=CC=C2C1=Cc1ccc(Br)cc12. The lowest BCUT2D eigenvalue weighted by atomic mass is 9.96. The molecule has 2 heteroatoms. The molecule has 2 aliphatic rings. The molecule has 0 aromatic heterocycles. The molecule has 1 aromatic carbocycles. The minimum absolute atomic E-state index is 0.0971. The summed E-state index contributed by atoms with van der Waals surface area (Å²) in [7, 11) is 0. The van der Waals surface area contributed by atoms with E-state index >= 15 is 0 Å². The Balaban J connectivity index is 2.27. The molecule has 0 bridgehead atoms. The van der Waals surface area contributed by atoms with Gasteiger partial charge in [0.1, 0.15) is 0 Å². The van der Waals surface area contributed by atoms with Crippen LogP contribution in [0, 0.1) is 0 Å². The number of hydrogen-bond acceptors (Lipinski definition) is 1. The monoisotopic (exact) mass is 258 g/mol. The zero-order chi connectivity index (χ0) is 10.4. The lowest BCUT2D eigenvalue weighted by Gasteiger charge is -2.07. The van der Waals surface area contributed by atoms with Gasteiger partial charge >= 0.3 is 0 Å². The van der Waals surface area contributed by atoms with Gasteiger partial charge in [0, 0.05) is 10.0 Å². The molecule has 0 unspecified atom stereocenters. The van der Waals surface area contributed by atoms with Crippen LogP contribution in [-0.2, 0) is 4.79 Å². The average molecular weight is 259 g/mol. The zero-order valence-electron chi connectivity index (χ0n) is 7.83. The largest absolute Gasteiger partial charge is 0.289 e. The van der Waals surface area contributed by atoms with Crippen molar-refractivity contribution < 1.29 is 4.79 Å². The van der Waals surface area contributed by atoms with Gasteiger partial charge in [-0.15, -0.1) is 0 Å². The van der Waals surface area contributed by atoms with E-state index < -0.39 is 0 Å². The second-order valence-corrected chi connectivity index (χ2v) is 4.51. The van der Waals surface area contributed by atoms with Gasteiger partial charge in [0.2, 0.25) is 0 Å². The van der Waals surface area contributed by atoms with E-state index in [0.29, 0.717) is 0 Å². The lowest BCUT2D eigenvalue weighted by Crippen LogP contribution is -2.00. The molecule has 0 saturated carbocycles. The molecular formula is C13H7BrO. The molecule has 0 saturated heterocycles. The normalized spacial score (nSPS) is 17.0. The van der Waals surface area contributed by atoms with Crippen LogP contribution in [0.2, 0.25) is 0 Å². The van der Waals surface area contributed by atoms with Crippen molar-refractivity contribution in [2.45, 2.75) is 0 Å². The second kappa shape index (κ2) is 3.04. The van der Waals surface area contributed by atoms with Crippen LogP contribution in [0.15, 0.2) is 46.5 Å². The van der Waals surface area contributed by atoms with E-state index in [-0.39, 0.29) is 5.78 Å². The summed E-state index contributed by atoms with van der Waals surface area (Å²) < 4.78 is 1.04. The topological polar surface area (TPSA) is 17.1 Å². The number of rotatable bonds is 0. The maximum atomic E-state index is 11.6. The zero-order valence-corrected chi connectivity index (χ0v) is 9.41. The van der Waals surface area contributed by atoms with Gasteiger partial charge in [-0.1, -0.05) is 34.1 Å². The molecule has 72 valence electrons. The summed E-state index contributed by atoms with van der Waals surface area (Å²) in [5.74, 6) is 0.0971. The van der Waals surface area contributed by atoms with E-state index in [9.17, 15) is 4.79 Å². The molecule has 1 aromatic rings. The highest BCUT2D eigenvalue weighted by atomic mass is 79.9. The van der Waals surface area contributed by atoms with Crippen molar-refractivity contribution >= 4 is 33.4 Å². The third-order valence-electron chi connectivity index (χ3n) is 2.67. The van der Waals surface area contributed by atoms with Gasteiger partial charge in [-0.3, -0.25) is 4.79 Å². The van der Waals surface area contributed by atoms with Gasteiger partial charge in [-0.05, 0) is 41.0 Å². The fraction of sp³-hybridized carbons (Fsp3) is 0. The summed E-state index contributed by atoms with van der Waals surface area (Å²) in [6.45, 7) is 0. The summed E-state index contributed by atoms with van der Waals surface area (Å²) in [5.41, 5.74) is 4.11. The lowest BCUT2D eigenvalue weighted by molar-refractivity contribution is -0.110. The second-order valence-electron chi connectivity index (χ2n) is 3.59. The third-order valence-corrected chi connectivity index (χ3v) is 3.16. The number of fused-ring (bicyclic) bond motifs is 3. The summed E-state index contributed by atoms with van der Waals surface area (Å²) in [4.78, 5) is 11.6. The van der Waals surface area contributed by atoms with Gasteiger partial charge in [0.15, 0.2) is 5.78 Å². The minimum Gasteiger partial charge on any atom is -0.289 e. The third kappa shape index (κ3) is 1.25. The molecule has 3 rings (SSSR count). The van der Waals surface area contributed by atoms with E-state index in [4.69, 9.17) is 0 Å². The fourth-order valence-electron chi connectivity index (χ4n) is 1.97. The Labute approximate surface area is 95.9 Å². The molecule has 0 N–H and O–H groups in total. The smallest absolute Gasteiger partial charge is 0.186 e. The van der Waals surface area contributed by atoms with E-state index in [2.05, 4.69) is 22.0 Å². The van der Waals surface area contributed by atoms with E-state index in [1.807, 2.05) is 30.4 Å². The number of allylic oxidation sites excluding steroid dienone is 5. The maximum Gasteiger partial charge on any atom is 0.186 e. The highest BCUT2D eigenvalue weighted by molar-refractivity contribution is 9.10. The molecular weight excluding hydrogens is 252 g/mol. The summed E-state index contributed by atoms with van der Waals surface area (Å²) in [6, 6.07) is 6.07. The highest BCUT2D eigenvalue weighted by Crippen LogP contribution is 2.38. The van der Waals surface area contributed by atoms with Crippen molar-refractivity contribution in [3.05, 3.63) is 57.6 Å². The molecule has 1 nitrogen and oxygen atoms in total. The van der Waals surface area contributed by atoms with Crippen molar-refractivity contribution in [3.63, 3.8) is 0 Å². The van der Waals surface area contributed by atoms with E-state index in [0.717, 1.165) is 26.7 Å². The number of ketones is 1. The first kappa shape index (κ1) is 8.86. The molecule has 0 atom stereocenters. The van der Waals surface area contributed by atoms with Crippen molar-refractivity contribution in [1.29, 1.82) is 0 Å². The predicted octanol–water partition coefficient (Wildman–Crippen LogP) is 3.37. The molecule has 0 radical (unpaired) electrons.